The van der Waals surface area contributed by atoms with Gasteiger partial charge in [0.15, 0.2) is 0 Å². The number of ether oxygens (including phenoxy) is 1. The van der Waals surface area contributed by atoms with Crippen LogP contribution < -0.4 is 4.74 Å². The molecule has 3 heteroatoms. The van der Waals surface area contributed by atoms with Crippen LogP contribution in [0.5, 0.6) is 5.75 Å². The second kappa shape index (κ2) is 6.78. The lowest BCUT2D eigenvalue weighted by atomic mass is 9.98. The quantitative estimate of drug-likeness (QED) is 0.790. The smallest absolute Gasteiger partial charge is 0.327 e. The maximum atomic E-state index is 10.5. The summed E-state index contributed by atoms with van der Waals surface area (Å²) in [6.45, 7) is 9.67. The topological polar surface area (TPSA) is 46.5 Å². The van der Waals surface area contributed by atoms with E-state index >= 15 is 0 Å². The molecule has 0 fully saturated rings. The molecule has 0 aliphatic heterocycles. The second-order valence-electron chi connectivity index (χ2n) is 4.65. The second-order valence-corrected chi connectivity index (χ2v) is 4.65. The van der Waals surface area contributed by atoms with Crippen LogP contribution in [0.4, 0.5) is 0 Å². The molecule has 19 heavy (non-hydrogen) atoms. The third kappa shape index (κ3) is 4.62. The molecule has 1 aromatic rings. The van der Waals surface area contributed by atoms with Crippen molar-refractivity contribution < 1.29 is 14.6 Å². The molecule has 3 nitrogen and oxygen atoms in total. The summed E-state index contributed by atoms with van der Waals surface area (Å²) in [7, 11) is 0. The van der Waals surface area contributed by atoms with Gasteiger partial charge in [0.25, 0.3) is 0 Å². The Bertz CT molecular complexity index is 487. The lowest BCUT2D eigenvalue weighted by Gasteiger charge is -2.15. The van der Waals surface area contributed by atoms with Crippen molar-refractivity contribution >= 4 is 12.0 Å². The Kier molecular flexibility index (Phi) is 5.37. The standard InChI is InChI=1S/C16H20O3/c1-5-13-10-14(12(4)6-9-16(17)18)7-8-15(13)19-11(2)3/h5-12H,1H2,2-4H3,(H,17,18)/b9-6+. The predicted molar refractivity (Wildman–Crippen MR) is 77.5 cm³/mol. The third-order valence-corrected chi connectivity index (χ3v) is 2.67. The minimum atomic E-state index is -0.935. The van der Waals surface area contributed by atoms with Crippen LogP contribution in [-0.2, 0) is 4.79 Å². The van der Waals surface area contributed by atoms with Gasteiger partial charge in [-0.2, -0.15) is 0 Å². The average Bonchev–Trinajstić information content (AvgIpc) is 2.35. The lowest BCUT2D eigenvalue weighted by molar-refractivity contribution is -0.131. The van der Waals surface area contributed by atoms with Crippen molar-refractivity contribution in [3.8, 4) is 5.75 Å². The molecule has 102 valence electrons. The fourth-order valence-electron chi connectivity index (χ4n) is 1.71. The van der Waals surface area contributed by atoms with Crippen molar-refractivity contribution in [2.75, 3.05) is 0 Å². The Morgan fingerprint density at radius 3 is 2.58 bits per heavy atom. The number of carboxylic acid groups (broad SMARTS) is 1. The maximum Gasteiger partial charge on any atom is 0.327 e. The molecule has 1 rings (SSSR count). The molecule has 0 saturated heterocycles. The van der Waals surface area contributed by atoms with Gasteiger partial charge in [0.1, 0.15) is 5.75 Å². The largest absolute Gasteiger partial charge is 0.490 e. The molecule has 0 bridgehead atoms. The van der Waals surface area contributed by atoms with Crippen LogP contribution in [0.15, 0.2) is 36.9 Å². The molecule has 0 amide bonds. The van der Waals surface area contributed by atoms with E-state index in [1.807, 2.05) is 39.0 Å². The Morgan fingerprint density at radius 2 is 2.05 bits per heavy atom. The van der Waals surface area contributed by atoms with Crippen molar-refractivity contribution in [3.05, 3.63) is 48.1 Å². The van der Waals surface area contributed by atoms with Crippen molar-refractivity contribution in [2.24, 2.45) is 0 Å². The van der Waals surface area contributed by atoms with Gasteiger partial charge in [0.05, 0.1) is 6.10 Å². The van der Waals surface area contributed by atoms with Crippen LogP contribution >= 0.6 is 0 Å². The summed E-state index contributed by atoms with van der Waals surface area (Å²) in [5, 5.41) is 8.63. The van der Waals surface area contributed by atoms with E-state index in [2.05, 4.69) is 6.58 Å². The number of aliphatic carboxylic acids is 1. The highest BCUT2D eigenvalue weighted by Crippen LogP contribution is 2.26. The molecular weight excluding hydrogens is 240 g/mol. The summed E-state index contributed by atoms with van der Waals surface area (Å²) < 4.78 is 5.69. The molecule has 0 aliphatic rings. The Balaban J connectivity index is 2.99. The highest BCUT2D eigenvalue weighted by molar-refractivity contribution is 5.79. The highest BCUT2D eigenvalue weighted by Gasteiger charge is 2.08. The van der Waals surface area contributed by atoms with Gasteiger partial charge in [-0.25, -0.2) is 4.79 Å². The van der Waals surface area contributed by atoms with E-state index in [4.69, 9.17) is 9.84 Å². The maximum absolute atomic E-state index is 10.5. The van der Waals surface area contributed by atoms with E-state index in [0.29, 0.717) is 0 Å². The molecule has 0 saturated carbocycles. The summed E-state index contributed by atoms with van der Waals surface area (Å²) in [5.41, 5.74) is 1.95. The molecule has 1 N–H and O–H groups in total. The summed E-state index contributed by atoms with van der Waals surface area (Å²) in [6.07, 6.45) is 4.67. The van der Waals surface area contributed by atoms with Crippen LogP contribution in [0.2, 0.25) is 0 Å². The number of hydrogen-bond acceptors (Lipinski definition) is 2. The van der Waals surface area contributed by atoms with Crippen LogP contribution in [0, 0.1) is 0 Å². The van der Waals surface area contributed by atoms with Gasteiger partial charge >= 0.3 is 5.97 Å². The molecule has 0 heterocycles. The van der Waals surface area contributed by atoms with Gasteiger partial charge in [-0.3, -0.25) is 0 Å². The van der Waals surface area contributed by atoms with Gasteiger partial charge in [-0.15, -0.1) is 0 Å². The van der Waals surface area contributed by atoms with Crippen LogP contribution in [0.3, 0.4) is 0 Å². The highest BCUT2D eigenvalue weighted by atomic mass is 16.5. The average molecular weight is 260 g/mol. The normalized spacial score (nSPS) is 12.6. The van der Waals surface area contributed by atoms with Gasteiger partial charge in [0.2, 0.25) is 0 Å². The van der Waals surface area contributed by atoms with Gasteiger partial charge < -0.3 is 9.84 Å². The van der Waals surface area contributed by atoms with Crippen LogP contribution in [0.25, 0.3) is 6.08 Å². The zero-order valence-corrected chi connectivity index (χ0v) is 11.6. The fourth-order valence-corrected chi connectivity index (χ4v) is 1.71. The van der Waals surface area contributed by atoms with E-state index in [1.54, 1.807) is 12.2 Å². The Morgan fingerprint density at radius 1 is 1.37 bits per heavy atom. The first-order valence-corrected chi connectivity index (χ1v) is 6.28. The van der Waals surface area contributed by atoms with Crippen LogP contribution in [-0.4, -0.2) is 17.2 Å². The van der Waals surface area contributed by atoms with Crippen LogP contribution in [0.1, 0.15) is 37.8 Å². The SMILES string of the molecule is C=Cc1cc(C(C)/C=C/C(=O)O)ccc1OC(C)C. The predicted octanol–water partition coefficient (Wildman–Crippen LogP) is 3.86. The van der Waals surface area contributed by atoms with E-state index in [9.17, 15) is 4.79 Å². The van der Waals surface area contributed by atoms with Crippen molar-refractivity contribution in [1.29, 1.82) is 0 Å². The van der Waals surface area contributed by atoms with E-state index in [1.165, 1.54) is 0 Å². The van der Waals surface area contributed by atoms with Gasteiger partial charge in [-0.1, -0.05) is 31.7 Å². The fraction of sp³-hybridized carbons (Fsp3) is 0.312. The molecule has 0 aromatic heterocycles. The van der Waals surface area contributed by atoms with E-state index in [0.717, 1.165) is 23.0 Å². The Hall–Kier alpha value is -2.03. The third-order valence-electron chi connectivity index (χ3n) is 2.67. The van der Waals surface area contributed by atoms with Crippen molar-refractivity contribution in [3.63, 3.8) is 0 Å². The van der Waals surface area contributed by atoms with Gasteiger partial charge in [-0.05, 0) is 37.5 Å². The monoisotopic (exact) mass is 260 g/mol. The minimum absolute atomic E-state index is 0.0305. The molecule has 0 spiro atoms. The number of carboxylic acids is 1. The van der Waals surface area contributed by atoms with Gasteiger partial charge in [0, 0.05) is 11.6 Å². The first-order chi connectivity index (χ1) is 8.93. The molecule has 1 atom stereocenters. The number of allylic oxidation sites excluding steroid dienone is 1. The first kappa shape index (κ1) is 15.0. The molecular formula is C16H20O3. The summed E-state index contributed by atoms with van der Waals surface area (Å²) >= 11 is 0. The number of hydrogen-bond donors (Lipinski definition) is 1. The Labute approximate surface area is 114 Å². The molecule has 0 radical (unpaired) electrons. The van der Waals surface area contributed by atoms with Crippen molar-refractivity contribution in [1.82, 2.24) is 0 Å². The summed E-state index contributed by atoms with van der Waals surface area (Å²) in [6, 6.07) is 5.82. The van der Waals surface area contributed by atoms with E-state index < -0.39 is 5.97 Å². The zero-order valence-electron chi connectivity index (χ0n) is 11.6. The number of benzene rings is 1. The first-order valence-electron chi connectivity index (χ1n) is 6.28. The molecule has 0 aliphatic carbocycles. The summed E-state index contributed by atoms with van der Waals surface area (Å²) in [5.74, 6) is -0.110. The zero-order chi connectivity index (χ0) is 14.4. The molecule has 1 aromatic carbocycles. The van der Waals surface area contributed by atoms with E-state index in [-0.39, 0.29) is 12.0 Å². The number of rotatable bonds is 6. The summed E-state index contributed by atoms with van der Waals surface area (Å²) in [4.78, 5) is 10.5. The minimum Gasteiger partial charge on any atom is -0.490 e. The number of carbonyl (C=O) groups is 1. The molecule has 1 unspecified atom stereocenters. The van der Waals surface area contributed by atoms with Crippen molar-refractivity contribution in [2.45, 2.75) is 32.8 Å². The lowest BCUT2D eigenvalue weighted by Crippen LogP contribution is -2.07.